The molecule has 100 valence electrons. The maximum atomic E-state index is 11.6. The molecule has 18 heavy (non-hydrogen) atoms. The minimum Gasteiger partial charge on any atom is -0.330 e. The summed E-state index contributed by atoms with van der Waals surface area (Å²) < 4.78 is 1.79. The van der Waals surface area contributed by atoms with Crippen LogP contribution in [0.15, 0.2) is 29.2 Å². The highest BCUT2D eigenvalue weighted by Crippen LogP contribution is 2.20. The van der Waals surface area contributed by atoms with Crippen molar-refractivity contribution in [3.63, 3.8) is 0 Å². The molecule has 2 N–H and O–H groups in total. The van der Waals surface area contributed by atoms with Gasteiger partial charge >= 0.3 is 0 Å². The molecule has 0 radical (unpaired) electrons. The van der Waals surface area contributed by atoms with E-state index >= 15 is 0 Å². The standard InChI is InChI=1S/C14H23N3O/c15-8-3-5-13-6-4-10-16(13)11-12-17-9-2-1-7-14(17)18/h1-2,7,9,13H,3-6,8,10-12,15H2. The second kappa shape index (κ2) is 6.71. The average Bonchev–Trinajstić information content (AvgIpc) is 2.83. The molecule has 1 aromatic heterocycles. The van der Waals surface area contributed by atoms with Gasteiger partial charge < -0.3 is 10.3 Å². The second-order valence-electron chi connectivity index (χ2n) is 5.00. The summed E-state index contributed by atoms with van der Waals surface area (Å²) in [5.41, 5.74) is 5.67. The molecule has 1 fully saturated rings. The van der Waals surface area contributed by atoms with Gasteiger partial charge in [0.1, 0.15) is 0 Å². The monoisotopic (exact) mass is 249 g/mol. The summed E-state index contributed by atoms with van der Waals surface area (Å²) in [6, 6.07) is 6.00. The molecule has 1 unspecified atom stereocenters. The third-order valence-corrected chi connectivity index (χ3v) is 3.77. The molecule has 0 aliphatic carbocycles. The van der Waals surface area contributed by atoms with E-state index in [4.69, 9.17) is 5.73 Å². The predicted molar refractivity (Wildman–Crippen MR) is 73.6 cm³/mol. The van der Waals surface area contributed by atoms with E-state index in [0.29, 0.717) is 6.04 Å². The molecule has 1 aliphatic heterocycles. The van der Waals surface area contributed by atoms with E-state index in [1.165, 1.54) is 19.3 Å². The van der Waals surface area contributed by atoms with Crippen molar-refractivity contribution in [1.82, 2.24) is 9.47 Å². The lowest BCUT2D eigenvalue weighted by molar-refractivity contribution is 0.231. The summed E-state index contributed by atoms with van der Waals surface area (Å²) in [6.07, 6.45) is 6.72. The SMILES string of the molecule is NCCCC1CCCN1CCn1ccccc1=O. The van der Waals surface area contributed by atoms with Gasteiger partial charge in [0, 0.05) is 31.4 Å². The van der Waals surface area contributed by atoms with Crippen molar-refractivity contribution in [2.45, 2.75) is 38.3 Å². The summed E-state index contributed by atoms with van der Waals surface area (Å²) in [7, 11) is 0. The van der Waals surface area contributed by atoms with Crippen LogP contribution in [-0.2, 0) is 6.54 Å². The number of nitrogens with two attached hydrogens (primary N) is 1. The molecule has 0 spiro atoms. The number of rotatable bonds is 6. The van der Waals surface area contributed by atoms with Gasteiger partial charge in [-0.05, 0) is 44.8 Å². The van der Waals surface area contributed by atoms with Crippen molar-refractivity contribution in [1.29, 1.82) is 0 Å². The van der Waals surface area contributed by atoms with Crippen LogP contribution in [0.4, 0.5) is 0 Å². The lowest BCUT2D eigenvalue weighted by Crippen LogP contribution is -2.34. The third-order valence-electron chi connectivity index (χ3n) is 3.77. The van der Waals surface area contributed by atoms with Gasteiger partial charge in [-0.2, -0.15) is 0 Å². The smallest absolute Gasteiger partial charge is 0.250 e. The Labute approximate surface area is 108 Å². The van der Waals surface area contributed by atoms with Gasteiger partial charge in [0.15, 0.2) is 0 Å². The van der Waals surface area contributed by atoms with E-state index < -0.39 is 0 Å². The van der Waals surface area contributed by atoms with E-state index in [1.807, 2.05) is 12.3 Å². The largest absolute Gasteiger partial charge is 0.330 e. The van der Waals surface area contributed by atoms with Crippen LogP contribution in [-0.4, -0.2) is 35.1 Å². The molecule has 4 heteroatoms. The first-order valence-electron chi connectivity index (χ1n) is 6.91. The maximum Gasteiger partial charge on any atom is 0.250 e. The highest BCUT2D eigenvalue weighted by atomic mass is 16.1. The Morgan fingerprint density at radius 2 is 2.22 bits per heavy atom. The van der Waals surface area contributed by atoms with Crippen LogP contribution < -0.4 is 11.3 Å². The predicted octanol–water partition coefficient (Wildman–Crippen LogP) is 1.05. The lowest BCUT2D eigenvalue weighted by atomic mass is 10.1. The van der Waals surface area contributed by atoms with E-state index in [0.717, 1.165) is 32.6 Å². The summed E-state index contributed by atoms with van der Waals surface area (Å²) >= 11 is 0. The number of aromatic nitrogens is 1. The van der Waals surface area contributed by atoms with Crippen LogP contribution in [0.2, 0.25) is 0 Å². The molecule has 1 saturated heterocycles. The zero-order valence-electron chi connectivity index (χ0n) is 10.9. The number of hydrogen-bond donors (Lipinski definition) is 1. The Kier molecular flexibility index (Phi) is 4.96. The van der Waals surface area contributed by atoms with Crippen molar-refractivity contribution in [3.8, 4) is 0 Å². The Morgan fingerprint density at radius 1 is 1.33 bits per heavy atom. The molecule has 1 aromatic rings. The molecule has 4 nitrogen and oxygen atoms in total. The zero-order chi connectivity index (χ0) is 12.8. The third kappa shape index (κ3) is 3.43. The zero-order valence-corrected chi connectivity index (χ0v) is 10.9. The molecule has 2 heterocycles. The molecule has 2 rings (SSSR count). The minimum atomic E-state index is 0.0928. The molecule has 0 aromatic carbocycles. The highest BCUT2D eigenvalue weighted by molar-refractivity contribution is 4.93. The quantitative estimate of drug-likeness (QED) is 0.820. The normalized spacial score (nSPS) is 20.4. The Balaban J connectivity index is 1.86. The van der Waals surface area contributed by atoms with Gasteiger partial charge in [-0.1, -0.05) is 6.07 Å². The fourth-order valence-corrected chi connectivity index (χ4v) is 2.75. The molecular formula is C14H23N3O. The van der Waals surface area contributed by atoms with Crippen LogP contribution in [0, 0.1) is 0 Å². The average molecular weight is 249 g/mol. The summed E-state index contributed by atoms with van der Waals surface area (Å²) in [5.74, 6) is 0. The van der Waals surface area contributed by atoms with Gasteiger partial charge in [-0.25, -0.2) is 0 Å². The lowest BCUT2D eigenvalue weighted by Gasteiger charge is -2.24. The molecule has 0 bridgehead atoms. The Bertz CT molecular complexity index is 416. The Hall–Kier alpha value is -1.13. The number of pyridine rings is 1. The van der Waals surface area contributed by atoms with Gasteiger partial charge in [-0.15, -0.1) is 0 Å². The van der Waals surface area contributed by atoms with Crippen molar-refractivity contribution in [2.75, 3.05) is 19.6 Å². The van der Waals surface area contributed by atoms with Gasteiger partial charge in [0.2, 0.25) is 0 Å². The van der Waals surface area contributed by atoms with Gasteiger partial charge in [-0.3, -0.25) is 9.69 Å². The fraction of sp³-hybridized carbons (Fsp3) is 0.643. The summed E-state index contributed by atoms with van der Waals surface area (Å²) in [6.45, 7) is 3.71. The van der Waals surface area contributed by atoms with Crippen LogP contribution in [0.3, 0.4) is 0 Å². The van der Waals surface area contributed by atoms with Crippen molar-refractivity contribution in [2.24, 2.45) is 5.73 Å². The topological polar surface area (TPSA) is 51.3 Å². The fourth-order valence-electron chi connectivity index (χ4n) is 2.75. The first kappa shape index (κ1) is 13.3. The van der Waals surface area contributed by atoms with Crippen molar-refractivity contribution >= 4 is 0 Å². The van der Waals surface area contributed by atoms with Gasteiger partial charge in [0.25, 0.3) is 5.56 Å². The van der Waals surface area contributed by atoms with E-state index in [1.54, 1.807) is 16.7 Å². The molecule has 0 saturated carbocycles. The van der Waals surface area contributed by atoms with Crippen LogP contribution in [0.5, 0.6) is 0 Å². The number of nitrogens with zero attached hydrogens (tertiary/aromatic N) is 2. The first-order valence-corrected chi connectivity index (χ1v) is 6.91. The minimum absolute atomic E-state index is 0.0928. The first-order chi connectivity index (χ1) is 8.81. The number of likely N-dealkylation sites (tertiary alicyclic amines) is 1. The number of hydrogen-bond acceptors (Lipinski definition) is 3. The molecular weight excluding hydrogens is 226 g/mol. The second-order valence-corrected chi connectivity index (χ2v) is 5.00. The molecule has 0 amide bonds. The summed E-state index contributed by atoms with van der Waals surface area (Å²) in [4.78, 5) is 14.1. The summed E-state index contributed by atoms with van der Waals surface area (Å²) in [5, 5.41) is 0. The molecule has 1 aliphatic rings. The molecule has 1 atom stereocenters. The maximum absolute atomic E-state index is 11.6. The highest BCUT2D eigenvalue weighted by Gasteiger charge is 2.23. The van der Waals surface area contributed by atoms with Crippen LogP contribution in [0.1, 0.15) is 25.7 Å². The van der Waals surface area contributed by atoms with Crippen molar-refractivity contribution < 1.29 is 0 Å². The van der Waals surface area contributed by atoms with Crippen LogP contribution >= 0.6 is 0 Å². The Morgan fingerprint density at radius 3 is 3.00 bits per heavy atom. The van der Waals surface area contributed by atoms with E-state index in [9.17, 15) is 4.79 Å². The van der Waals surface area contributed by atoms with E-state index in [2.05, 4.69) is 4.90 Å². The van der Waals surface area contributed by atoms with Crippen molar-refractivity contribution in [3.05, 3.63) is 34.7 Å². The van der Waals surface area contributed by atoms with E-state index in [-0.39, 0.29) is 5.56 Å². The van der Waals surface area contributed by atoms with Crippen LogP contribution in [0.25, 0.3) is 0 Å². The van der Waals surface area contributed by atoms with Gasteiger partial charge in [0.05, 0.1) is 0 Å².